The fourth-order valence-corrected chi connectivity index (χ4v) is 0.935. The van der Waals surface area contributed by atoms with Crippen LogP contribution in [0.25, 0.3) is 0 Å². The third-order valence-corrected chi connectivity index (χ3v) is 1.56. The van der Waals surface area contributed by atoms with Crippen LogP contribution >= 0.6 is 0 Å². The summed E-state index contributed by atoms with van der Waals surface area (Å²) in [7, 11) is 0. The van der Waals surface area contributed by atoms with Crippen molar-refractivity contribution >= 4 is 11.5 Å². The molecule has 0 fully saturated rings. The fraction of sp³-hybridized carbons (Fsp3) is 0. The monoisotopic (exact) mass is 184 g/mol. The summed E-state index contributed by atoms with van der Waals surface area (Å²) in [6.45, 7) is 0. The minimum Gasteiger partial charge on any atom is -0.262 e. The average molecular weight is 184 g/mol. The van der Waals surface area contributed by atoms with Crippen LogP contribution in [0.1, 0.15) is 0 Å². The van der Waals surface area contributed by atoms with Crippen LogP contribution in [0.3, 0.4) is 0 Å². The lowest BCUT2D eigenvalue weighted by Crippen LogP contribution is -1.70. The average Bonchev–Trinajstić information content (AvgIpc) is 2.29. The van der Waals surface area contributed by atoms with Gasteiger partial charge in [-0.05, 0) is 24.3 Å². The summed E-state index contributed by atoms with van der Waals surface area (Å²) in [5.74, 6) is 0.594. The van der Waals surface area contributed by atoms with E-state index < -0.39 is 0 Å². The van der Waals surface area contributed by atoms with Crippen LogP contribution in [0.2, 0.25) is 0 Å². The molecule has 2 aromatic rings. The number of aromatic nitrogens is 2. The van der Waals surface area contributed by atoms with Gasteiger partial charge in [-0.2, -0.15) is 0 Å². The van der Waals surface area contributed by atoms with Crippen molar-refractivity contribution < 1.29 is 0 Å². The molecule has 0 atom stereocenters. The van der Waals surface area contributed by atoms with Gasteiger partial charge in [0.25, 0.3) is 0 Å². The molecule has 0 aliphatic carbocycles. The Labute approximate surface area is 81.4 Å². The number of nitrogens with zero attached hydrogens (tertiary/aromatic N) is 4. The van der Waals surface area contributed by atoms with Gasteiger partial charge in [0.15, 0.2) is 5.82 Å². The van der Waals surface area contributed by atoms with Crippen molar-refractivity contribution in [1.29, 1.82) is 0 Å². The van der Waals surface area contributed by atoms with Gasteiger partial charge in [0, 0.05) is 12.4 Å². The largest absolute Gasteiger partial charge is 0.262 e. The maximum absolute atomic E-state index is 4.01. The lowest BCUT2D eigenvalue weighted by molar-refractivity contribution is 1.14. The minimum absolute atomic E-state index is 0.594. The first-order valence-corrected chi connectivity index (χ1v) is 4.18. The molecule has 2 rings (SSSR count). The standard InChI is InChI=1S/C10H8N4/c1-2-7-12-10(5-1)14-13-9-4-3-6-11-8-9/h1-8H/b14-13+. The molecule has 0 radical (unpaired) electrons. The summed E-state index contributed by atoms with van der Waals surface area (Å²) in [6.07, 6.45) is 5.02. The lowest BCUT2D eigenvalue weighted by atomic mass is 10.4. The predicted octanol–water partition coefficient (Wildman–Crippen LogP) is 2.89. The third-order valence-electron chi connectivity index (χ3n) is 1.56. The first-order chi connectivity index (χ1) is 6.95. The number of pyridine rings is 2. The predicted molar refractivity (Wildman–Crippen MR) is 52.7 cm³/mol. The molecule has 0 unspecified atom stereocenters. The van der Waals surface area contributed by atoms with Gasteiger partial charge in [0.05, 0.1) is 6.20 Å². The van der Waals surface area contributed by atoms with E-state index in [2.05, 4.69) is 20.2 Å². The van der Waals surface area contributed by atoms with E-state index in [9.17, 15) is 0 Å². The van der Waals surface area contributed by atoms with E-state index in [1.54, 1.807) is 24.7 Å². The van der Waals surface area contributed by atoms with Gasteiger partial charge in [-0.1, -0.05) is 6.07 Å². The SMILES string of the molecule is c1ccc(/N=N/c2cccnc2)nc1. The normalized spacial score (nSPS) is 10.6. The first-order valence-electron chi connectivity index (χ1n) is 4.18. The highest BCUT2D eigenvalue weighted by atomic mass is 15.1. The second-order valence-corrected chi connectivity index (χ2v) is 2.60. The van der Waals surface area contributed by atoms with E-state index in [0.717, 1.165) is 5.69 Å². The van der Waals surface area contributed by atoms with Crippen LogP contribution < -0.4 is 0 Å². The molecular formula is C10H8N4. The summed E-state index contributed by atoms with van der Waals surface area (Å²) in [5, 5.41) is 7.93. The zero-order valence-electron chi connectivity index (χ0n) is 7.41. The number of azo groups is 1. The maximum Gasteiger partial charge on any atom is 0.174 e. The van der Waals surface area contributed by atoms with Gasteiger partial charge >= 0.3 is 0 Å². The van der Waals surface area contributed by atoms with Crippen molar-refractivity contribution in [2.24, 2.45) is 10.2 Å². The molecule has 14 heavy (non-hydrogen) atoms. The molecule has 68 valence electrons. The molecule has 4 nitrogen and oxygen atoms in total. The molecule has 0 aromatic carbocycles. The Morgan fingerprint density at radius 2 is 1.93 bits per heavy atom. The highest BCUT2D eigenvalue weighted by Crippen LogP contribution is 2.13. The summed E-state index contributed by atoms with van der Waals surface area (Å²) in [5.41, 5.74) is 0.721. The van der Waals surface area contributed by atoms with Gasteiger partial charge < -0.3 is 0 Å². The van der Waals surface area contributed by atoms with Crippen LogP contribution in [0, 0.1) is 0 Å². The molecule has 2 aromatic heterocycles. The molecule has 0 aliphatic heterocycles. The Kier molecular flexibility index (Phi) is 2.56. The molecule has 0 amide bonds. The smallest absolute Gasteiger partial charge is 0.174 e. The van der Waals surface area contributed by atoms with Gasteiger partial charge in [0.2, 0.25) is 0 Å². The Bertz CT molecular complexity index is 369. The van der Waals surface area contributed by atoms with Crippen molar-refractivity contribution in [2.75, 3.05) is 0 Å². The Morgan fingerprint density at radius 3 is 2.64 bits per heavy atom. The van der Waals surface area contributed by atoms with Crippen LogP contribution in [-0.4, -0.2) is 9.97 Å². The van der Waals surface area contributed by atoms with Crippen molar-refractivity contribution in [1.82, 2.24) is 9.97 Å². The Morgan fingerprint density at radius 1 is 0.929 bits per heavy atom. The molecule has 0 spiro atoms. The highest BCUT2D eigenvalue weighted by molar-refractivity contribution is 5.33. The number of rotatable bonds is 2. The Hall–Kier alpha value is -2.10. The van der Waals surface area contributed by atoms with Crippen LogP contribution in [0.4, 0.5) is 11.5 Å². The van der Waals surface area contributed by atoms with Crippen LogP contribution in [0.15, 0.2) is 59.2 Å². The quantitative estimate of drug-likeness (QED) is 0.674. The van der Waals surface area contributed by atoms with E-state index in [0.29, 0.717) is 5.82 Å². The van der Waals surface area contributed by atoms with Crippen molar-refractivity contribution in [3.63, 3.8) is 0 Å². The van der Waals surface area contributed by atoms with E-state index in [-0.39, 0.29) is 0 Å². The van der Waals surface area contributed by atoms with Crippen LogP contribution in [-0.2, 0) is 0 Å². The van der Waals surface area contributed by atoms with E-state index in [4.69, 9.17) is 0 Å². The summed E-state index contributed by atoms with van der Waals surface area (Å²) in [4.78, 5) is 7.94. The number of hydrogen-bond acceptors (Lipinski definition) is 4. The van der Waals surface area contributed by atoms with Crippen molar-refractivity contribution in [3.05, 3.63) is 48.9 Å². The first kappa shape index (κ1) is 8.50. The highest BCUT2D eigenvalue weighted by Gasteiger charge is 1.88. The molecule has 0 saturated carbocycles. The maximum atomic E-state index is 4.01. The molecule has 0 N–H and O–H groups in total. The lowest BCUT2D eigenvalue weighted by Gasteiger charge is -1.90. The zero-order valence-corrected chi connectivity index (χ0v) is 7.41. The molecule has 2 heterocycles. The Balaban J connectivity index is 2.16. The summed E-state index contributed by atoms with van der Waals surface area (Å²) < 4.78 is 0. The fourth-order valence-electron chi connectivity index (χ4n) is 0.935. The second-order valence-electron chi connectivity index (χ2n) is 2.60. The van der Waals surface area contributed by atoms with Gasteiger partial charge in [-0.3, -0.25) is 4.98 Å². The summed E-state index contributed by atoms with van der Waals surface area (Å²) in [6, 6.07) is 9.14. The minimum atomic E-state index is 0.594. The molecular weight excluding hydrogens is 176 g/mol. The summed E-state index contributed by atoms with van der Waals surface area (Å²) >= 11 is 0. The molecule has 0 bridgehead atoms. The van der Waals surface area contributed by atoms with E-state index >= 15 is 0 Å². The number of hydrogen-bond donors (Lipinski definition) is 0. The van der Waals surface area contributed by atoms with Gasteiger partial charge in [-0.25, -0.2) is 4.98 Å². The molecule has 0 aliphatic rings. The van der Waals surface area contributed by atoms with E-state index in [1.165, 1.54) is 0 Å². The topological polar surface area (TPSA) is 50.5 Å². The van der Waals surface area contributed by atoms with Gasteiger partial charge in [-0.15, -0.1) is 10.2 Å². The second kappa shape index (κ2) is 4.23. The molecule has 4 heteroatoms. The van der Waals surface area contributed by atoms with Crippen molar-refractivity contribution in [3.8, 4) is 0 Å². The van der Waals surface area contributed by atoms with Gasteiger partial charge in [0.1, 0.15) is 5.69 Å². The van der Waals surface area contributed by atoms with Crippen molar-refractivity contribution in [2.45, 2.75) is 0 Å². The molecule has 0 saturated heterocycles. The zero-order chi connectivity index (χ0) is 9.64. The van der Waals surface area contributed by atoms with Crippen LogP contribution in [0.5, 0.6) is 0 Å². The van der Waals surface area contributed by atoms with E-state index in [1.807, 2.05) is 24.3 Å². The third kappa shape index (κ3) is 2.20.